The van der Waals surface area contributed by atoms with Crippen molar-refractivity contribution >= 4 is 72.4 Å². The number of carbonyl (C=O) groups is 2. The van der Waals surface area contributed by atoms with Crippen molar-refractivity contribution in [1.82, 2.24) is 4.90 Å². The topological polar surface area (TPSA) is 46.6 Å². The summed E-state index contributed by atoms with van der Waals surface area (Å²) < 4.78 is 21.6. The molecule has 0 saturated carbocycles. The number of imide groups is 1. The summed E-state index contributed by atoms with van der Waals surface area (Å²) in [5.74, 6) is -0.413. The Morgan fingerprint density at radius 3 is 2.48 bits per heavy atom. The predicted octanol–water partition coefficient (Wildman–Crippen LogP) is 7.82. The Morgan fingerprint density at radius 1 is 1.03 bits per heavy atom. The SMILES string of the molecule is O=C1S/C(=C\c2cc(Br)ccc2OCc2c(F)cccc2Cl)C(=O)N1Cc1ccc(Br)cc1. The van der Waals surface area contributed by atoms with Gasteiger partial charge in [0.05, 0.1) is 16.5 Å². The molecule has 2 amide bonds. The average Bonchev–Trinajstić information content (AvgIpc) is 3.03. The fourth-order valence-corrected chi connectivity index (χ4v) is 4.82. The van der Waals surface area contributed by atoms with Crippen LogP contribution in [0, 0.1) is 5.82 Å². The zero-order valence-corrected chi connectivity index (χ0v) is 21.6. The highest BCUT2D eigenvalue weighted by Gasteiger charge is 2.35. The maximum Gasteiger partial charge on any atom is 0.293 e. The first-order valence-corrected chi connectivity index (χ1v) is 12.4. The zero-order chi connectivity index (χ0) is 23.5. The lowest BCUT2D eigenvalue weighted by Gasteiger charge is -2.13. The minimum absolute atomic E-state index is 0.0843. The molecule has 3 aromatic rings. The molecule has 1 heterocycles. The van der Waals surface area contributed by atoms with Crippen LogP contribution in [0.25, 0.3) is 6.08 Å². The van der Waals surface area contributed by atoms with Gasteiger partial charge in [0.2, 0.25) is 0 Å². The van der Waals surface area contributed by atoms with Crippen LogP contribution in [0.3, 0.4) is 0 Å². The van der Waals surface area contributed by atoms with Gasteiger partial charge in [-0.1, -0.05) is 61.7 Å². The quantitative estimate of drug-likeness (QED) is 0.267. The average molecular weight is 612 g/mol. The van der Waals surface area contributed by atoms with Crippen LogP contribution in [-0.2, 0) is 17.9 Å². The number of thioether (sulfide) groups is 1. The first kappa shape index (κ1) is 24.0. The largest absolute Gasteiger partial charge is 0.488 e. The monoisotopic (exact) mass is 609 g/mol. The third-order valence-electron chi connectivity index (χ3n) is 4.82. The van der Waals surface area contributed by atoms with Crippen molar-refractivity contribution in [2.45, 2.75) is 13.2 Å². The summed E-state index contributed by atoms with van der Waals surface area (Å²) in [5, 5.41) is -0.0764. The van der Waals surface area contributed by atoms with Crippen molar-refractivity contribution in [1.29, 1.82) is 0 Å². The number of ether oxygens (including phenoxy) is 1. The van der Waals surface area contributed by atoms with E-state index in [1.165, 1.54) is 17.0 Å². The van der Waals surface area contributed by atoms with Crippen LogP contribution in [-0.4, -0.2) is 16.0 Å². The van der Waals surface area contributed by atoms with Crippen LogP contribution in [0.2, 0.25) is 5.02 Å². The van der Waals surface area contributed by atoms with E-state index in [1.54, 1.807) is 30.3 Å². The Kier molecular flexibility index (Phi) is 7.58. The highest BCUT2D eigenvalue weighted by molar-refractivity contribution is 9.10. The molecule has 0 atom stereocenters. The van der Waals surface area contributed by atoms with E-state index in [-0.39, 0.29) is 39.8 Å². The highest BCUT2D eigenvalue weighted by Crippen LogP contribution is 2.36. The van der Waals surface area contributed by atoms with E-state index in [1.807, 2.05) is 24.3 Å². The van der Waals surface area contributed by atoms with Crippen LogP contribution in [0.15, 0.2) is 74.5 Å². The molecule has 1 saturated heterocycles. The molecular weight excluding hydrogens is 597 g/mol. The highest BCUT2D eigenvalue weighted by atomic mass is 79.9. The van der Waals surface area contributed by atoms with E-state index in [0.717, 1.165) is 26.3 Å². The molecule has 3 aromatic carbocycles. The number of carbonyl (C=O) groups excluding carboxylic acids is 2. The van der Waals surface area contributed by atoms with Gasteiger partial charge in [-0.05, 0) is 65.9 Å². The van der Waals surface area contributed by atoms with Gasteiger partial charge >= 0.3 is 0 Å². The molecule has 0 N–H and O–H groups in total. The molecule has 9 heteroatoms. The Balaban J connectivity index is 1.57. The number of halogens is 4. The van der Waals surface area contributed by atoms with E-state index in [9.17, 15) is 14.0 Å². The van der Waals surface area contributed by atoms with Gasteiger partial charge in [0.15, 0.2) is 0 Å². The summed E-state index contributed by atoms with van der Waals surface area (Å²) in [6.45, 7) is 0.0991. The molecule has 1 aliphatic heterocycles. The van der Waals surface area contributed by atoms with E-state index < -0.39 is 5.82 Å². The molecule has 4 rings (SSSR count). The van der Waals surface area contributed by atoms with Gasteiger partial charge in [-0.3, -0.25) is 14.5 Å². The number of hydrogen-bond acceptors (Lipinski definition) is 4. The Hall–Kier alpha value is -2.13. The van der Waals surface area contributed by atoms with Crippen LogP contribution >= 0.6 is 55.2 Å². The first-order chi connectivity index (χ1) is 15.8. The smallest absolute Gasteiger partial charge is 0.293 e. The third kappa shape index (κ3) is 5.69. The summed E-state index contributed by atoms with van der Waals surface area (Å²) in [4.78, 5) is 26.9. The lowest BCUT2D eigenvalue weighted by Crippen LogP contribution is -2.27. The standard InChI is InChI=1S/C24H15Br2ClFNO3S/c25-16-6-4-14(5-7-16)12-29-23(30)22(33-24(29)31)11-15-10-17(26)8-9-21(15)32-13-18-19(27)2-1-3-20(18)28/h1-11H,12-13H2/b22-11-. The van der Waals surface area contributed by atoms with Crippen LogP contribution in [0.5, 0.6) is 5.75 Å². The van der Waals surface area contributed by atoms with E-state index in [4.69, 9.17) is 16.3 Å². The number of amides is 2. The molecule has 33 heavy (non-hydrogen) atoms. The summed E-state index contributed by atoms with van der Waals surface area (Å²) in [6.07, 6.45) is 1.61. The second-order valence-corrected chi connectivity index (χ2v) is 10.3. The molecule has 1 fully saturated rings. The summed E-state index contributed by atoms with van der Waals surface area (Å²) in [5.41, 5.74) is 1.66. The Morgan fingerprint density at radius 2 is 1.76 bits per heavy atom. The van der Waals surface area contributed by atoms with Crippen molar-refractivity contribution < 1.29 is 18.7 Å². The number of hydrogen-bond donors (Lipinski definition) is 0. The van der Waals surface area contributed by atoms with E-state index in [2.05, 4.69) is 31.9 Å². The zero-order valence-electron chi connectivity index (χ0n) is 16.9. The van der Waals surface area contributed by atoms with Gasteiger partial charge < -0.3 is 4.74 Å². The molecule has 1 aliphatic rings. The van der Waals surface area contributed by atoms with E-state index in [0.29, 0.717) is 11.3 Å². The van der Waals surface area contributed by atoms with Gasteiger partial charge in [-0.25, -0.2) is 4.39 Å². The number of benzene rings is 3. The van der Waals surface area contributed by atoms with Crippen molar-refractivity contribution in [3.63, 3.8) is 0 Å². The molecule has 0 radical (unpaired) electrons. The second kappa shape index (κ2) is 10.4. The normalized spacial score (nSPS) is 14.9. The summed E-state index contributed by atoms with van der Waals surface area (Å²) in [7, 11) is 0. The molecule has 0 unspecified atom stereocenters. The number of rotatable bonds is 6. The fourth-order valence-electron chi connectivity index (χ4n) is 3.13. The van der Waals surface area contributed by atoms with Crippen molar-refractivity contribution in [3.8, 4) is 5.75 Å². The molecular formula is C24H15Br2ClFNO3S. The predicted molar refractivity (Wildman–Crippen MR) is 136 cm³/mol. The Labute approximate surface area is 216 Å². The molecule has 0 aliphatic carbocycles. The van der Waals surface area contributed by atoms with Gasteiger partial charge in [-0.15, -0.1) is 0 Å². The molecule has 0 bridgehead atoms. The van der Waals surface area contributed by atoms with Crippen LogP contribution in [0.1, 0.15) is 16.7 Å². The first-order valence-electron chi connectivity index (χ1n) is 9.67. The summed E-state index contributed by atoms with van der Waals surface area (Å²) in [6, 6.07) is 17.1. The fraction of sp³-hybridized carbons (Fsp3) is 0.0833. The lowest BCUT2D eigenvalue weighted by atomic mass is 10.1. The van der Waals surface area contributed by atoms with Crippen LogP contribution < -0.4 is 4.74 Å². The molecule has 0 aromatic heterocycles. The Bertz CT molecular complexity index is 1250. The number of nitrogens with zero attached hydrogens (tertiary/aromatic N) is 1. The molecule has 4 nitrogen and oxygen atoms in total. The van der Waals surface area contributed by atoms with Gasteiger partial charge in [0, 0.05) is 20.1 Å². The minimum atomic E-state index is -0.463. The van der Waals surface area contributed by atoms with Crippen LogP contribution in [0.4, 0.5) is 9.18 Å². The van der Waals surface area contributed by atoms with Gasteiger partial charge in [0.1, 0.15) is 18.2 Å². The van der Waals surface area contributed by atoms with Crippen molar-refractivity contribution in [2.24, 2.45) is 0 Å². The van der Waals surface area contributed by atoms with E-state index >= 15 is 0 Å². The summed E-state index contributed by atoms with van der Waals surface area (Å²) >= 11 is 13.7. The maximum atomic E-state index is 14.1. The second-order valence-electron chi connectivity index (χ2n) is 7.07. The van der Waals surface area contributed by atoms with Crippen molar-refractivity contribution in [2.75, 3.05) is 0 Å². The van der Waals surface area contributed by atoms with Crippen molar-refractivity contribution in [3.05, 3.63) is 102 Å². The third-order valence-corrected chi connectivity index (χ3v) is 7.10. The molecule has 168 valence electrons. The minimum Gasteiger partial charge on any atom is -0.488 e. The lowest BCUT2D eigenvalue weighted by molar-refractivity contribution is -0.123. The van der Waals surface area contributed by atoms with Gasteiger partial charge in [0.25, 0.3) is 11.1 Å². The van der Waals surface area contributed by atoms with Gasteiger partial charge in [-0.2, -0.15) is 0 Å². The molecule has 0 spiro atoms. The maximum absolute atomic E-state index is 14.1.